The zero-order valence-electron chi connectivity index (χ0n) is 12.8. The fraction of sp³-hybridized carbons (Fsp3) is 0.294. The highest BCUT2D eigenvalue weighted by Crippen LogP contribution is 2.13. The first-order valence-corrected chi connectivity index (χ1v) is 8.45. The van der Waals surface area contributed by atoms with Crippen molar-refractivity contribution in [2.45, 2.75) is 32.4 Å². The summed E-state index contributed by atoms with van der Waals surface area (Å²) in [6.07, 6.45) is 1.11. The van der Waals surface area contributed by atoms with E-state index in [1.165, 1.54) is 0 Å². The molecule has 0 aliphatic rings. The van der Waals surface area contributed by atoms with E-state index in [4.69, 9.17) is 4.42 Å². The van der Waals surface area contributed by atoms with Gasteiger partial charge < -0.3 is 9.73 Å². The van der Waals surface area contributed by atoms with Gasteiger partial charge in [0, 0.05) is 17.5 Å². The molecular weight excluding hydrogens is 312 g/mol. The molecule has 1 N–H and O–H groups in total. The number of oxazole rings is 1. The molecule has 1 atom stereocenters. The number of amides is 1. The molecule has 23 heavy (non-hydrogen) atoms. The number of nitrogens with zero attached hydrogens (tertiary/aromatic N) is 1. The first kappa shape index (κ1) is 15.6. The van der Waals surface area contributed by atoms with Crippen LogP contribution in [0.2, 0.25) is 0 Å². The fourth-order valence-electron chi connectivity index (χ4n) is 2.53. The molecule has 6 heteroatoms. The maximum Gasteiger partial charge on any atom is 0.420 e. The van der Waals surface area contributed by atoms with Crippen LogP contribution in [-0.2, 0) is 17.8 Å². The van der Waals surface area contributed by atoms with E-state index in [1.807, 2.05) is 42.6 Å². The normalized spacial score (nSPS) is 12.4. The minimum atomic E-state index is -0.392. The van der Waals surface area contributed by atoms with Gasteiger partial charge in [-0.25, -0.2) is 4.79 Å². The number of hydrogen-bond acceptors (Lipinski definition) is 4. The Labute approximate surface area is 137 Å². The van der Waals surface area contributed by atoms with Crippen molar-refractivity contribution in [3.05, 3.63) is 57.2 Å². The lowest BCUT2D eigenvalue weighted by Crippen LogP contribution is -2.39. The maximum atomic E-state index is 12.1. The smallest absolute Gasteiger partial charge is 0.408 e. The first-order valence-electron chi connectivity index (χ1n) is 7.57. The molecule has 0 spiro atoms. The predicted octanol–water partition coefficient (Wildman–Crippen LogP) is 2.79. The minimum absolute atomic E-state index is 0.0276. The molecule has 0 aliphatic carbocycles. The van der Waals surface area contributed by atoms with Gasteiger partial charge in [0.15, 0.2) is 5.58 Å². The average molecular weight is 330 g/mol. The number of para-hydroxylation sites is 2. The second-order valence-electron chi connectivity index (χ2n) is 5.38. The van der Waals surface area contributed by atoms with E-state index >= 15 is 0 Å². The number of thiophene rings is 1. The van der Waals surface area contributed by atoms with Crippen LogP contribution in [0.1, 0.15) is 18.2 Å². The van der Waals surface area contributed by atoms with Crippen molar-refractivity contribution in [1.82, 2.24) is 9.88 Å². The summed E-state index contributed by atoms with van der Waals surface area (Å²) in [6.45, 7) is 2.39. The van der Waals surface area contributed by atoms with Crippen LogP contribution in [0, 0.1) is 0 Å². The summed E-state index contributed by atoms with van der Waals surface area (Å²) in [4.78, 5) is 25.2. The molecule has 3 aromatic rings. The van der Waals surface area contributed by atoms with Crippen molar-refractivity contribution < 1.29 is 9.21 Å². The summed E-state index contributed by atoms with van der Waals surface area (Å²) < 4.78 is 6.81. The molecule has 0 saturated carbocycles. The molecule has 0 fully saturated rings. The summed E-state index contributed by atoms with van der Waals surface area (Å²) in [6, 6.07) is 11.1. The molecule has 0 aliphatic heterocycles. The van der Waals surface area contributed by atoms with Crippen LogP contribution < -0.4 is 11.1 Å². The van der Waals surface area contributed by atoms with Gasteiger partial charge in [-0.2, -0.15) is 0 Å². The molecule has 0 radical (unpaired) electrons. The van der Waals surface area contributed by atoms with Crippen LogP contribution in [0.5, 0.6) is 0 Å². The molecule has 3 rings (SSSR count). The standard InChI is InChI=1S/C17H18N2O3S/c1-2-12(18-16(20)10-13-6-5-9-23-13)11-19-14-7-3-4-8-15(14)22-17(19)21/h3-9,12H,2,10-11H2,1H3,(H,18,20)/t12-/m1/s1. The van der Waals surface area contributed by atoms with Gasteiger partial charge in [-0.05, 0) is 30.0 Å². The van der Waals surface area contributed by atoms with Gasteiger partial charge in [-0.1, -0.05) is 25.1 Å². The third-order valence-electron chi connectivity index (χ3n) is 3.75. The molecule has 0 saturated heterocycles. The summed E-state index contributed by atoms with van der Waals surface area (Å²) in [5.41, 5.74) is 1.32. The molecule has 0 bridgehead atoms. The maximum absolute atomic E-state index is 12.1. The molecule has 0 unspecified atom stereocenters. The van der Waals surface area contributed by atoms with Crippen molar-refractivity contribution >= 4 is 28.3 Å². The van der Waals surface area contributed by atoms with E-state index in [1.54, 1.807) is 22.0 Å². The van der Waals surface area contributed by atoms with Crippen LogP contribution in [0.15, 0.2) is 51.0 Å². The Hall–Kier alpha value is -2.34. The van der Waals surface area contributed by atoms with Gasteiger partial charge >= 0.3 is 5.76 Å². The summed E-state index contributed by atoms with van der Waals surface area (Å²) >= 11 is 1.56. The van der Waals surface area contributed by atoms with Gasteiger partial charge in [0.2, 0.25) is 5.91 Å². The Bertz CT molecular complexity index is 848. The summed E-state index contributed by atoms with van der Waals surface area (Å²) in [7, 11) is 0. The Morgan fingerprint density at radius 2 is 2.13 bits per heavy atom. The molecule has 2 heterocycles. The van der Waals surface area contributed by atoms with Gasteiger partial charge in [0.05, 0.1) is 11.9 Å². The number of aromatic nitrogens is 1. The lowest BCUT2D eigenvalue weighted by atomic mass is 10.2. The quantitative estimate of drug-likeness (QED) is 0.756. The highest BCUT2D eigenvalue weighted by molar-refractivity contribution is 7.10. The molecule has 1 amide bonds. The largest absolute Gasteiger partial charge is 0.420 e. The number of hydrogen-bond donors (Lipinski definition) is 1. The molecular formula is C17H18N2O3S. The molecule has 120 valence electrons. The Morgan fingerprint density at radius 3 is 2.87 bits per heavy atom. The number of rotatable bonds is 6. The van der Waals surface area contributed by atoms with Crippen molar-refractivity contribution in [2.75, 3.05) is 0 Å². The van der Waals surface area contributed by atoms with Crippen LogP contribution in [0.4, 0.5) is 0 Å². The predicted molar refractivity (Wildman–Crippen MR) is 90.7 cm³/mol. The van der Waals surface area contributed by atoms with E-state index < -0.39 is 5.76 Å². The van der Waals surface area contributed by atoms with Crippen LogP contribution in [-0.4, -0.2) is 16.5 Å². The van der Waals surface area contributed by atoms with Gasteiger partial charge in [-0.15, -0.1) is 11.3 Å². The van der Waals surface area contributed by atoms with E-state index in [-0.39, 0.29) is 11.9 Å². The number of carbonyl (C=O) groups is 1. The number of carbonyl (C=O) groups excluding carboxylic acids is 1. The number of nitrogens with one attached hydrogen (secondary N) is 1. The lowest BCUT2D eigenvalue weighted by Gasteiger charge is -2.17. The lowest BCUT2D eigenvalue weighted by molar-refractivity contribution is -0.121. The summed E-state index contributed by atoms with van der Waals surface area (Å²) in [5, 5.41) is 4.96. The molecule has 5 nitrogen and oxygen atoms in total. The fourth-order valence-corrected chi connectivity index (χ4v) is 3.24. The monoisotopic (exact) mass is 330 g/mol. The molecule has 1 aromatic carbocycles. The van der Waals surface area contributed by atoms with Gasteiger partial charge in [-0.3, -0.25) is 9.36 Å². The Kier molecular flexibility index (Phi) is 4.62. The van der Waals surface area contributed by atoms with Crippen LogP contribution in [0.3, 0.4) is 0 Å². The second kappa shape index (κ2) is 6.83. The number of benzene rings is 1. The van der Waals surface area contributed by atoms with E-state index in [0.717, 1.165) is 16.8 Å². The van der Waals surface area contributed by atoms with Crippen LogP contribution in [0.25, 0.3) is 11.1 Å². The van der Waals surface area contributed by atoms with Crippen LogP contribution >= 0.6 is 11.3 Å². The summed E-state index contributed by atoms with van der Waals surface area (Å²) in [5.74, 6) is -0.419. The van der Waals surface area contributed by atoms with Crippen molar-refractivity contribution in [3.8, 4) is 0 Å². The molecule has 2 aromatic heterocycles. The number of fused-ring (bicyclic) bond motifs is 1. The third-order valence-corrected chi connectivity index (χ3v) is 4.63. The second-order valence-corrected chi connectivity index (χ2v) is 6.41. The zero-order chi connectivity index (χ0) is 16.2. The third kappa shape index (κ3) is 3.53. The van der Waals surface area contributed by atoms with E-state index in [2.05, 4.69) is 5.32 Å². The SMILES string of the molecule is CC[C@H](Cn1c(=O)oc2ccccc21)NC(=O)Cc1cccs1. The topological polar surface area (TPSA) is 64.2 Å². The Morgan fingerprint density at radius 1 is 1.30 bits per heavy atom. The van der Waals surface area contributed by atoms with Crippen molar-refractivity contribution in [2.24, 2.45) is 0 Å². The first-order chi connectivity index (χ1) is 11.2. The highest BCUT2D eigenvalue weighted by atomic mass is 32.1. The average Bonchev–Trinajstić information content (AvgIpc) is 3.15. The zero-order valence-corrected chi connectivity index (χ0v) is 13.6. The van der Waals surface area contributed by atoms with E-state index in [0.29, 0.717) is 18.5 Å². The van der Waals surface area contributed by atoms with Gasteiger partial charge in [0.25, 0.3) is 0 Å². The van der Waals surface area contributed by atoms with Crippen molar-refractivity contribution in [1.29, 1.82) is 0 Å². The minimum Gasteiger partial charge on any atom is -0.408 e. The van der Waals surface area contributed by atoms with Crippen molar-refractivity contribution in [3.63, 3.8) is 0 Å². The van der Waals surface area contributed by atoms with E-state index in [9.17, 15) is 9.59 Å². The van der Waals surface area contributed by atoms with Gasteiger partial charge in [0.1, 0.15) is 0 Å². The Balaban J connectivity index is 1.72. The highest BCUT2D eigenvalue weighted by Gasteiger charge is 2.16.